The molecular weight excluding hydrogens is 454 g/mol. The van der Waals surface area contributed by atoms with E-state index in [4.69, 9.17) is 4.74 Å². The van der Waals surface area contributed by atoms with Crippen molar-refractivity contribution < 1.29 is 19.1 Å². The highest BCUT2D eigenvalue weighted by molar-refractivity contribution is 7.80. The quantitative estimate of drug-likeness (QED) is 0.394. The summed E-state index contributed by atoms with van der Waals surface area (Å²) in [7, 11) is 0. The van der Waals surface area contributed by atoms with Crippen LogP contribution in [0.2, 0.25) is 0 Å². The van der Waals surface area contributed by atoms with Gasteiger partial charge >= 0.3 is 5.97 Å². The van der Waals surface area contributed by atoms with E-state index in [9.17, 15) is 14.4 Å². The highest BCUT2D eigenvalue weighted by Crippen LogP contribution is 2.26. The summed E-state index contributed by atoms with van der Waals surface area (Å²) in [5, 5.41) is 7.72. The zero-order valence-electron chi connectivity index (χ0n) is 17.4. The Hall–Kier alpha value is -2.04. The van der Waals surface area contributed by atoms with Crippen LogP contribution >= 0.6 is 35.3 Å². The summed E-state index contributed by atoms with van der Waals surface area (Å²) in [5.74, 6) is -0.579. The molecule has 3 heterocycles. The van der Waals surface area contributed by atoms with Gasteiger partial charge < -0.3 is 10.1 Å². The van der Waals surface area contributed by atoms with Crippen molar-refractivity contribution in [2.24, 2.45) is 5.92 Å². The number of carbonyl (C=O) groups is 3. The second-order valence-corrected chi connectivity index (χ2v) is 9.77. The van der Waals surface area contributed by atoms with E-state index in [2.05, 4.69) is 27.9 Å². The molecule has 0 saturated heterocycles. The Morgan fingerprint density at radius 1 is 1.19 bits per heavy atom. The van der Waals surface area contributed by atoms with Gasteiger partial charge in [0.05, 0.1) is 5.01 Å². The molecule has 0 saturated carbocycles. The van der Waals surface area contributed by atoms with Crippen LogP contribution in [0.3, 0.4) is 0 Å². The fourth-order valence-corrected chi connectivity index (χ4v) is 4.77. The predicted molar refractivity (Wildman–Crippen MR) is 125 cm³/mol. The lowest BCUT2D eigenvalue weighted by Crippen LogP contribution is -2.46. The third-order valence-corrected chi connectivity index (χ3v) is 6.71. The molecule has 1 N–H and O–H groups in total. The highest BCUT2D eigenvalue weighted by atomic mass is 32.1. The molecule has 10 heteroatoms. The number of aryl methyl sites for hydroxylation is 1. The van der Waals surface area contributed by atoms with Crippen LogP contribution in [0.15, 0.2) is 22.9 Å². The molecule has 7 nitrogen and oxygen atoms in total. The number of cyclic esters (lactones) is 1. The van der Waals surface area contributed by atoms with Gasteiger partial charge in [-0.05, 0) is 24.2 Å². The maximum absolute atomic E-state index is 12.9. The summed E-state index contributed by atoms with van der Waals surface area (Å²) in [5.41, 5.74) is 0.927. The fourth-order valence-electron chi connectivity index (χ4n) is 3.00. The maximum Gasteiger partial charge on any atom is 0.329 e. The molecule has 1 aliphatic rings. The summed E-state index contributed by atoms with van der Waals surface area (Å²) in [6.45, 7) is 3.65. The van der Waals surface area contributed by atoms with Crippen LogP contribution in [-0.2, 0) is 20.7 Å². The van der Waals surface area contributed by atoms with Gasteiger partial charge in [-0.25, -0.2) is 14.8 Å². The Morgan fingerprint density at radius 2 is 1.97 bits per heavy atom. The molecule has 0 radical (unpaired) electrons. The molecule has 2 aromatic rings. The van der Waals surface area contributed by atoms with Gasteiger partial charge in [0.2, 0.25) is 0 Å². The number of carbonyl (C=O) groups excluding carboxylic acids is 3. The molecule has 1 amide bonds. The van der Waals surface area contributed by atoms with Crippen LogP contribution in [0.4, 0.5) is 0 Å². The lowest BCUT2D eigenvalue weighted by molar-refractivity contribution is -0.151. The van der Waals surface area contributed by atoms with E-state index < -0.39 is 24.0 Å². The van der Waals surface area contributed by atoms with Gasteiger partial charge in [0, 0.05) is 30.0 Å². The van der Waals surface area contributed by atoms with E-state index in [0.717, 1.165) is 5.01 Å². The highest BCUT2D eigenvalue weighted by Gasteiger charge is 2.29. The average Bonchev–Trinajstić information content (AvgIpc) is 3.39. The number of allylic oxidation sites excluding steroid dienone is 1. The number of Topliss-reactive ketones (excluding diaryl/α,β-unsaturated/α-hetero) is 1. The number of ether oxygens (including phenoxy) is 1. The van der Waals surface area contributed by atoms with Crippen LogP contribution in [0.5, 0.6) is 0 Å². The van der Waals surface area contributed by atoms with E-state index >= 15 is 0 Å². The van der Waals surface area contributed by atoms with Crippen molar-refractivity contribution in [3.63, 3.8) is 0 Å². The van der Waals surface area contributed by atoms with Crippen molar-refractivity contribution in [2.75, 3.05) is 5.75 Å². The normalized spacial score (nSPS) is 20.8. The molecule has 0 fully saturated rings. The molecule has 0 aliphatic carbocycles. The zero-order chi connectivity index (χ0) is 22.4. The van der Waals surface area contributed by atoms with Crippen molar-refractivity contribution in [2.45, 2.75) is 51.7 Å². The Balaban J connectivity index is 1.90. The van der Waals surface area contributed by atoms with Crippen LogP contribution in [0, 0.1) is 5.92 Å². The second kappa shape index (κ2) is 11.0. The summed E-state index contributed by atoms with van der Waals surface area (Å²) in [4.78, 5) is 47.1. The molecule has 1 aliphatic heterocycles. The summed E-state index contributed by atoms with van der Waals surface area (Å²) in [6.07, 6.45) is 4.49. The lowest BCUT2D eigenvalue weighted by atomic mass is 10.0. The first-order valence-corrected chi connectivity index (χ1v) is 12.5. The molecular formula is C21H25N3O4S3. The summed E-state index contributed by atoms with van der Waals surface area (Å²) >= 11 is 6.96. The number of fused-ring (bicyclic) bond motifs is 5. The molecule has 166 valence electrons. The molecule has 2 unspecified atom stereocenters. The number of hydrogen-bond donors (Lipinski definition) is 2. The van der Waals surface area contributed by atoms with E-state index in [1.54, 1.807) is 11.5 Å². The summed E-state index contributed by atoms with van der Waals surface area (Å²) in [6, 6.07) is -0.854. The van der Waals surface area contributed by atoms with Crippen LogP contribution in [-0.4, -0.2) is 45.5 Å². The number of nitrogens with one attached hydrogen (secondary N) is 1. The molecule has 2 atom stereocenters. The third kappa shape index (κ3) is 6.47. The van der Waals surface area contributed by atoms with Crippen molar-refractivity contribution in [1.29, 1.82) is 0 Å². The van der Waals surface area contributed by atoms with Gasteiger partial charge in [-0.2, -0.15) is 12.6 Å². The average molecular weight is 480 g/mol. The Bertz CT molecular complexity index is 967. The monoisotopic (exact) mass is 479 g/mol. The largest absolute Gasteiger partial charge is 0.456 e. The number of thiol groups is 1. The first kappa shape index (κ1) is 23.6. The van der Waals surface area contributed by atoms with Crippen molar-refractivity contribution in [3.8, 4) is 10.7 Å². The number of aromatic nitrogens is 2. The molecule has 2 aromatic heterocycles. The first-order chi connectivity index (χ1) is 14.9. The number of rotatable bonds is 4. The Morgan fingerprint density at radius 3 is 2.71 bits per heavy atom. The van der Waals surface area contributed by atoms with E-state index in [0.29, 0.717) is 35.7 Å². The maximum atomic E-state index is 12.9. The standard InChI is InChI=1S/C21H25N3O4S3/c1-12(2)18-21(27)28-14(5-3-4-8-29)9-13(25)6-7-17-22-16(11-30-17)20-23-15(10-31-20)19(26)24-18/h3,5,10-12,14,18,29H,4,6-9H2,1-2H3,(H,24,26)/b5-3+. The lowest BCUT2D eigenvalue weighted by Gasteiger charge is -2.23. The number of hydrogen-bond acceptors (Lipinski definition) is 9. The van der Waals surface area contributed by atoms with Crippen molar-refractivity contribution in [1.82, 2.24) is 15.3 Å². The molecule has 0 aromatic carbocycles. The molecule has 4 bridgehead atoms. The Labute approximate surface area is 194 Å². The number of esters is 1. The van der Waals surface area contributed by atoms with Gasteiger partial charge in [-0.3, -0.25) is 9.59 Å². The minimum Gasteiger partial charge on any atom is -0.456 e. The molecule has 31 heavy (non-hydrogen) atoms. The second-order valence-electron chi connectivity index (χ2n) is 7.52. The third-order valence-electron chi connectivity index (χ3n) is 4.68. The molecule has 3 rings (SSSR count). The minimum absolute atomic E-state index is 0.0150. The summed E-state index contributed by atoms with van der Waals surface area (Å²) < 4.78 is 5.64. The fraction of sp³-hybridized carbons (Fsp3) is 0.476. The smallest absolute Gasteiger partial charge is 0.329 e. The van der Waals surface area contributed by atoms with E-state index in [1.165, 1.54) is 22.7 Å². The predicted octanol–water partition coefficient (Wildman–Crippen LogP) is 3.71. The number of thiazole rings is 2. The van der Waals surface area contributed by atoms with Gasteiger partial charge in [0.25, 0.3) is 5.91 Å². The van der Waals surface area contributed by atoms with Gasteiger partial charge in [0.15, 0.2) is 0 Å². The van der Waals surface area contributed by atoms with E-state index in [1.807, 2.05) is 25.3 Å². The van der Waals surface area contributed by atoms with Gasteiger partial charge in [-0.1, -0.05) is 19.9 Å². The van der Waals surface area contributed by atoms with Gasteiger partial charge in [-0.15, -0.1) is 22.7 Å². The number of amides is 1. The minimum atomic E-state index is -0.854. The SMILES string of the molecule is CC(C)C1NC(=O)c2csc(n2)-c2csc(n2)CCC(=O)CC(/C=C/CCS)OC1=O. The van der Waals surface area contributed by atoms with Gasteiger partial charge in [0.1, 0.15) is 34.3 Å². The Kier molecular flexibility index (Phi) is 8.39. The van der Waals surface area contributed by atoms with Crippen LogP contribution in [0.1, 0.15) is 48.6 Å². The molecule has 0 spiro atoms. The first-order valence-electron chi connectivity index (χ1n) is 10.1. The topological polar surface area (TPSA) is 98.2 Å². The van der Waals surface area contributed by atoms with Crippen LogP contribution in [0.25, 0.3) is 10.7 Å². The van der Waals surface area contributed by atoms with Crippen molar-refractivity contribution in [3.05, 3.63) is 33.6 Å². The number of ketones is 1. The number of nitrogens with zero attached hydrogens (tertiary/aromatic N) is 2. The zero-order valence-corrected chi connectivity index (χ0v) is 19.9. The van der Waals surface area contributed by atoms with E-state index in [-0.39, 0.29) is 23.8 Å². The van der Waals surface area contributed by atoms with Crippen molar-refractivity contribution >= 4 is 53.0 Å². The van der Waals surface area contributed by atoms with Crippen LogP contribution < -0.4 is 5.32 Å².